The summed E-state index contributed by atoms with van der Waals surface area (Å²) < 4.78 is 0. The van der Waals surface area contributed by atoms with Crippen molar-refractivity contribution in [2.75, 3.05) is 17.2 Å². The summed E-state index contributed by atoms with van der Waals surface area (Å²) in [7, 11) is 0. The third-order valence-electron chi connectivity index (χ3n) is 2.78. The van der Waals surface area contributed by atoms with Crippen LogP contribution in [0.25, 0.3) is 0 Å². The summed E-state index contributed by atoms with van der Waals surface area (Å²) in [5, 5.41) is 6.56. The van der Waals surface area contributed by atoms with E-state index in [4.69, 9.17) is 0 Å². The minimum absolute atomic E-state index is 0.770. The van der Waals surface area contributed by atoms with Crippen LogP contribution in [0.5, 0.6) is 0 Å². The highest BCUT2D eigenvalue weighted by Crippen LogP contribution is 2.11. The SMILES string of the molecule is CCCNc1cc(NCc2cccc(C)c2)ncn1. The fraction of sp³-hybridized carbons (Fsp3) is 0.333. The van der Waals surface area contributed by atoms with Crippen LogP contribution in [0.15, 0.2) is 36.7 Å². The van der Waals surface area contributed by atoms with Crippen molar-refractivity contribution >= 4 is 11.6 Å². The largest absolute Gasteiger partial charge is 0.370 e. The van der Waals surface area contributed by atoms with Gasteiger partial charge in [0.05, 0.1) is 0 Å². The summed E-state index contributed by atoms with van der Waals surface area (Å²) >= 11 is 0. The topological polar surface area (TPSA) is 49.8 Å². The Morgan fingerprint density at radius 1 is 1.05 bits per heavy atom. The molecule has 0 spiro atoms. The van der Waals surface area contributed by atoms with Gasteiger partial charge in [-0.2, -0.15) is 0 Å². The molecule has 100 valence electrons. The van der Waals surface area contributed by atoms with Crippen LogP contribution in [0.3, 0.4) is 0 Å². The third kappa shape index (κ3) is 4.25. The smallest absolute Gasteiger partial charge is 0.131 e. The molecule has 0 amide bonds. The van der Waals surface area contributed by atoms with Crippen LogP contribution >= 0.6 is 0 Å². The van der Waals surface area contributed by atoms with E-state index in [2.05, 4.69) is 58.7 Å². The lowest BCUT2D eigenvalue weighted by Crippen LogP contribution is -2.05. The summed E-state index contributed by atoms with van der Waals surface area (Å²) in [6, 6.07) is 10.4. The monoisotopic (exact) mass is 256 g/mol. The molecule has 4 nitrogen and oxygen atoms in total. The van der Waals surface area contributed by atoms with Gasteiger partial charge in [-0.1, -0.05) is 36.8 Å². The van der Waals surface area contributed by atoms with Crippen LogP contribution in [-0.4, -0.2) is 16.5 Å². The van der Waals surface area contributed by atoms with Crippen LogP contribution in [0.4, 0.5) is 11.6 Å². The number of benzene rings is 1. The zero-order chi connectivity index (χ0) is 13.5. The molecule has 4 heteroatoms. The van der Waals surface area contributed by atoms with E-state index in [1.54, 1.807) is 6.33 Å². The first-order valence-corrected chi connectivity index (χ1v) is 6.63. The van der Waals surface area contributed by atoms with Crippen molar-refractivity contribution < 1.29 is 0 Å². The Balaban J connectivity index is 1.95. The standard InChI is InChI=1S/C15H20N4/c1-3-7-16-14-9-15(19-11-18-14)17-10-13-6-4-5-12(2)8-13/h4-6,8-9,11H,3,7,10H2,1-2H3,(H2,16,17,18,19). The second-order valence-corrected chi connectivity index (χ2v) is 4.56. The van der Waals surface area contributed by atoms with E-state index in [0.717, 1.165) is 31.1 Å². The Bertz CT molecular complexity index is 525. The third-order valence-corrected chi connectivity index (χ3v) is 2.78. The maximum Gasteiger partial charge on any atom is 0.131 e. The van der Waals surface area contributed by atoms with Crippen molar-refractivity contribution in [1.82, 2.24) is 9.97 Å². The molecule has 0 aliphatic rings. The molecule has 2 N–H and O–H groups in total. The van der Waals surface area contributed by atoms with Crippen molar-refractivity contribution in [2.45, 2.75) is 26.8 Å². The van der Waals surface area contributed by atoms with Crippen molar-refractivity contribution in [3.05, 3.63) is 47.8 Å². The van der Waals surface area contributed by atoms with Crippen molar-refractivity contribution in [1.29, 1.82) is 0 Å². The van der Waals surface area contributed by atoms with Crippen LogP contribution in [0, 0.1) is 6.92 Å². The first kappa shape index (κ1) is 13.3. The Kier molecular flexibility index (Phi) is 4.72. The summed E-state index contributed by atoms with van der Waals surface area (Å²) in [5.74, 6) is 1.71. The van der Waals surface area contributed by atoms with Crippen LogP contribution in [0.1, 0.15) is 24.5 Å². The predicted octanol–water partition coefficient (Wildman–Crippen LogP) is 3.22. The first-order valence-electron chi connectivity index (χ1n) is 6.63. The molecule has 19 heavy (non-hydrogen) atoms. The highest BCUT2D eigenvalue weighted by Gasteiger charge is 1.98. The van der Waals surface area contributed by atoms with Gasteiger partial charge >= 0.3 is 0 Å². The number of rotatable bonds is 6. The lowest BCUT2D eigenvalue weighted by atomic mass is 10.1. The molecular formula is C15H20N4. The molecule has 1 aromatic carbocycles. The normalized spacial score (nSPS) is 10.2. The summed E-state index contributed by atoms with van der Waals surface area (Å²) in [6.45, 7) is 5.92. The van der Waals surface area contributed by atoms with Gasteiger partial charge in [-0.05, 0) is 18.9 Å². The van der Waals surface area contributed by atoms with Crippen LogP contribution < -0.4 is 10.6 Å². The fourth-order valence-electron chi connectivity index (χ4n) is 1.82. The van der Waals surface area contributed by atoms with E-state index < -0.39 is 0 Å². The Labute approximate surface area is 114 Å². The number of aromatic nitrogens is 2. The van der Waals surface area contributed by atoms with Crippen LogP contribution in [-0.2, 0) is 6.54 Å². The number of nitrogens with one attached hydrogen (secondary N) is 2. The average Bonchev–Trinajstić information content (AvgIpc) is 2.43. The maximum absolute atomic E-state index is 4.22. The van der Waals surface area contributed by atoms with E-state index in [0.29, 0.717) is 0 Å². The Hall–Kier alpha value is -2.10. The molecule has 0 aliphatic carbocycles. The quantitative estimate of drug-likeness (QED) is 0.833. The Morgan fingerprint density at radius 3 is 2.58 bits per heavy atom. The number of aryl methyl sites for hydroxylation is 1. The fourth-order valence-corrected chi connectivity index (χ4v) is 1.82. The summed E-state index contributed by atoms with van der Waals surface area (Å²) in [5.41, 5.74) is 2.52. The molecule has 0 fully saturated rings. The zero-order valence-electron chi connectivity index (χ0n) is 11.5. The van der Waals surface area contributed by atoms with Gasteiger partial charge in [-0.25, -0.2) is 9.97 Å². The molecule has 0 saturated heterocycles. The molecule has 2 rings (SSSR count). The molecule has 0 atom stereocenters. The van der Waals surface area contributed by atoms with Gasteiger partial charge in [-0.3, -0.25) is 0 Å². The minimum atomic E-state index is 0.770. The van der Waals surface area contributed by atoms with Crippen molar-refractivity contribution in [2.24, 2.45) is 0 Å². The molecule has 1 heterocycles. The van der Waals surface area contributed by atoms with Crippen molar-refractivity contribution in [3.63, 3.8) is 0 Å². The molecule has 2 aromatic rings. The Morgan fingerprint density at radius 2 is 1.84 bits per heavy atom. The van der Waals surface area contributed by atoms with Crippen LogP contribution in [0.2, 0.25) is 0 Å². The van der Waals surface area contributed by atoms with Gasteiger partial charge < -0.3 is 10.6 Å². The number of hydrogen-bond donors (Lipinski definition) is 2. The summed E-state index contributed by atoms with van der Waals surface area (Å²) in [4.78, 5) is 8.41. The molecule has 0 radical (unpaired) electrons. The van der Waals surface area contributed by atoms with E-state index in [-0.39, 0.29) is 0 Å². The lowest BCUT2D eigenvalue weighted by Gasteiger charge is -2.08. The van der Waals surface area contributed by atoms with Gasteiger partial charge in [-0.15, -0.1) is 0 Å². The minimum Gasteiger partial charge on any atom is -0.370 e. The predicted molar refractivity (Wildman–Crippen MR) is 79.3 cm³/mol. The van der Waals surface area contributed by atoms with Gasteiger partial charge in [0.25, 0.3) is 0 Å². The lowest BCUT2D eigenvalue weighted by molar-refractivity contribution is 0.963. The van der Waals surface area contributed by atoms with Gasteiger partial charge in [0.2, 0.25) is 0 Å². The summed E-state index contributed by atoms with van der Waals surface area (Å²) in [6.07, 6.45) is 2.66. The van der Waals surface area contributed by atoms with E-state index in [9.17, 15) is 0 Å². The maximum atomic E-state index is 4.22. The molecule has 1 aromatic heterocycles. The highest BCUT2D eigenvalue weighted by molar-refractivity contribution is 5.46. The molecule has 0 unspecified atom stereocenters. The van der Waals surface area contributed by atoms with Gasteiger partial charge in [0.15, 0.2) is 0 Å². The van der Waals surface area contributed by atoms with E-state index >= 15 is 0 Å². The second-order valence-electron chi connectivity index (χ2n) is 4.56. The zero-order valence-corrected chi connectivity index (χ0v) is 11.5. The molecule has 0 aliphatic heterocycles. The van der Waals surface area contributed by atoms with E-state index in [1.807, 2.05) is 6.07 Å². The van der Waals surface area contributed by atoms with Gasteiger partial charge in [0.1, 0.15) is 18.0 Å². The second kappa shape index (κ2) is 6.73. The molecule has 0 bridgehead atoms. The number of anilines is 2. The molecular weight excluding hydrogens is 236 g/mol. The number of hydrogen-bond acceptors (Lipinski definition) is 4. The molecule has 0 saturated carbocycles. The number of nitrogens with zero attached hydrogens (tertiary/aromatic N) is 2. The van der Waals surface area contributed by atoms with Gasteiger partial charge in [0, 0.05) is 19.2 Å². The average molecular weight is 256 g/mol. The van der Waals surface area contributed by atoms with E-state index in [1.165, 1.54) is 11.1 Å². The first-order chi connectivity index (χ1) is 9.28. The van der Waals surface area contributed by atoms with Crippen molar-refractivity contribution in [3.8, 4) is 0 Å². The highest BCUT2D eigenvalue weighted by atomic mass is 15.1.